The standard InChI is InChI=1S/C28H27N3O3/c1-30(2)26(29)21-9-12-24-23(18-21)28(19-33-24)14-16-31(17-15-28)27(32)25-13-11-22(34-25)10-8-20-6-4-3-5-7-20/h3-7,9,11-13,18,29H,14-17,19H2,1-2H3. The Morgan fingerprint density at radius 1 is 1.03 bits per heavy atom. The molecule has 3 aromatic rings. The van der Waals surface area contributed by atoms with Gasteiger partial charge in [0, 0.05) is 49.3 Å². The maximum atomic E-state index is 13.1. The van der Waals surface area contributed by atoms with Crippen molar-refractivity contribution in [3.8, 4) is 17.6 Å². The van der Waals surface area contributed by atoms with Gasteiger partial charge in [-0.1, -0.05) is 24.1 Å². The zero-order valence-electron chi connectivity index (χ0n) is 19.4. The van der Waals surface area contributed by atoms with Gasteiger partial charge in [-0.25, -0.2) is 0 Å². The number of ether oxygens (including phenoxy) is 1. The second-order valence-electron chi connectivity index (χ2n) is 9.10. The number of amides is 1. The lowest BCUT2D eigenvalue weighted by Gasteiger charge is -2.38. The normalized spacial score (nSPS) is 15.8. The van der Waals surface area contributed by atoms with Crippen LogP contribution in [0.3, 0.4) is 0 Å². The molecule has 1 aromatic heterocycles. The predicted octanol–water partition coefficient (Wildman–Crippen LogP) is 4.13. The fourth-order valence-electron chi connectivity index (χ4n) is 4.65. The van der Waals surface area contributed by atoms with Gasteiger partial charge in [-0.3, -0.25) is 10.2 Å². The fraction of sp³-hybridized carbons (Fsp3) is 0.286. The minimum atomic E-state index is -0.121. The highest BCUT2D eigenvalue weighted by Gasteiger charge is 2.44. The van der Waals surface area contributed by atoms with Crippen molar-refractivity contribution in [2.45, 2.75) is 18.3 Å². The molecule has 6 nitrogen and oxygen atoms in total. The van der Waals surface area contributed by atoms with Crippen LogP contribution in [0.2, 0.25) is 0 Å². The van der Waals surface area contributed by atoms with Crippen molar-refractivity contribution >= 4 is 11.7 Å². The molecule has 1 fully saturated rings. The number of nitrogens with zero attached hydrogens (tertiary/aromatic N) is 2. The van der Waals surface area contributed by atoms with E-state index in [9.17, 15) is 4.79 Å². The number of carbonyl (C=O) groups excluding carboxylic acids is 1. The molecule has 0 unspecified atom stereocenters. The molecule has 34 heavy (non-hydrogen) atoms. The smallest absolute Gasteiger partial charge is 0.289 e. The lowest BCUT2D eigenvalue weighted by Crippen LogP contribution is -2.46. The first-order valence-electron chi connectivity index (χ1n) is 11.4. The van der Waals surface area contributed by atoms with E-state index in [2.05, 4.69) is 17.9 Å². The van der Waals surface area contributed by atoms with E-state index in [-0.39, 0.29) is 11.3 Å². The lowest BCUT2D eigenvalue weighted by atomic mass is 9.74. The van der Waals surface area contributed by atoms with Gasteiger partial charge in [-0.05, 0) is 61.2 Å². The third-order valence-corrected chi connectivity index (χ3v) is 6.70. The highest BCUT2D eigenvalue weighted by molar-refractivity contribution is 5.96. The number of piperidine rings is 1. The van der Waals surface area contributed by atoms with Crippen LogP contribution in [0.4, 0.5) is 0 Å². The van der Waals surface area contributed by atoms with Crippen molar-refractivity contribution < 1.29 is 13.9 Å². The molecule has 2 aliphatic heterocycles. The van der Waals surface area contributed by atoms with E-state index < -0.39 is 0 Å². The number of likely N-dealkylation sites (tertiary alicyclic amines) is 1. The minimum absolute atomic E-state index is 0.107. The first-order chi connectivity index (χ1) is 16.4. The Morgan fingerprint density at radius 2 is 1.79 bits per heavy atom. The second kappa shape index (κ2) is 8.75. The fourth-order valence-corrected chi connectivity index (χ4v) is 4.65. The van der Waals surface area contributed by atoms with Crippen LogP contribution in [0.25, 0.3) is 0 Å². The summed E-state index contributed by atoms with van der Waals surface area (Å²) in [7, 11) is 3.75. The zero-order chi connectivity index (χ0) is 23.7. The van der Waals surface area contributed by atoms with Crippen LogP contribution in [0.1, 0.15) is 45.8 Å². The van der Waals surface area contributed by atoms with Crippen LogP contribution < -0.4 is 4.74 Å². The van der Waals surface area contributed by atoms with Gasteiger partial charge in [0.1, 0.15) is 11.6 Å². The summed E-state index contributed by atoms with van der Waals surface area (Å²) in [6.45, 7) is 1.87. The molecule has 3 heterocycles. The Balaban J connectivity index is 1.27. The maximum Gasteiger partial charge on any atom is 0.289 e. The number of carbonyl (C=O) groups is 1. The average Bonchev–Trinajstić information content (AvgIpc) is 3.48. The summed E-state index contributed by atoms with van der Waals surface area (Å²) >= 11 is 0. The van der Waals surface area contributed by atoms with E-state index >= 15 is 0 Å². The molecular formula is C28H27N3O3. The van der Waals surface area contributed by atoms with Crippen LogP contribution in [-0.2, 0) is 5.41 Å². The summed E-state index contributed by atoms with van der Waals surface area (Å²) in [4.78, 5) is 16.7. The van der Waals surface area contributed by atoms with Crippen LogP contribution >= 0.6 is 0 Å². The van der Waals surface area contributed by atoms with Gasteiger partial charge in [0.15, 0.2) is 11.5 Å². The zero-order valence-corrected chi connectivity index (χ0v) is 19.4. The number of fused-ring (bicyclic) bond motifs is 2. The predicted molar refractivity (Wildman–Crippen MR) is 130 cm³/mol. The highest BCUT2D eigenvalue weighted by Crippen LogP contribution is 2.46. The van der Waals surface area contributed by atoms with E-state index in [0.717, 1.165) is 35.3 Å². The molecule has 2 aromatic carbocycles. The molecule has 1 spiro atoms. The van der Waals surface area contributed by atoms with E-state index in [0.29, 0.717) is 37.1 Å². The van der Waals surface area contributed by atoms with Gasteiger partial charge < -0.3 is 19.0 Å². The topological polar surface area (TPSA) is 69.8 Å². The van der Waals surface area contributed by atoms with Gasteiger partial charge in [0.2, 0.25) is 0 Å². The van der Waals surface area contributed by atoms with Crippen molar-refractivity contribution in [2.75, 3.05) is 33.8 Å². The van der Waals surface area contributed by atoms with E-state index in [1.807, 2.05) is 61.5 Å². The molecule has 0 bridgehead atoms. The van der Waals surface area contributed by atoms with E-state index in [1.165, 1.54) is 0 Å². The number of nitrogens with one attached hydrogen (secondary N) is 1. The first-order valence-corrected chi connectivity index (χ1v) is 11.4. The van der Waals surface area contributed by atoms with Crippen LogP contribution in [-0.4, -0.2) is 55.3 Å². The van der Waals surface area contributed by atoms with Gasteiger partial charge in [-0.15, -0.1) is 0 Å². The largest absolute Gasteiger partial charge is 0.492 e. The van der Waals surface area contributed by atoms with Crippen LogP contribution in [0.15, 0.2) is 65.1 Å². The average molecular weight is 454 g/mol. The molecule has 5 rings (SSSR count). The SMILES string of the molecule is CN(C)C(=N)c1ccc2c(c1)C1(CCN(C(=O)c3ccc(C#Cc4ccccc4)o3)CC1)CO2. The third kappa shape index (κ3) is 4.06. The number of hydrogen-bond acceptors (Lipinski definition) is 4. The van der Waals surface area contributed by atoms with Crippen molar-refractivity contribution in [1.82, 2.24) is 9.80 Å². The summed E-state index contributed by atoms with van der Waals surface area (Å²) in [6, 6.07) is 19.1. The highest BCUT2D eigenvalue weighted by atomic mass is 16.5. The third-order valence-electron chi connectivity index (χ3n) is 6.70. The van der Waals surface area contributed by atoms with Gasteiger partial charge in [-0.2, -0.15) is 0 Å². The monoisotopic (exact) mass is 453 g/mol. The molecule has 0 aliphatic carbocycles. The number of rotatable bonds is 2. The van der Waals surface area contributed by atoms with E-state index in [1.54, 1.807) is 17.0 Å². The molecule has 1 saturated heterocycles. The number of hydrogen-bond donors (Lipinski definition) is 1. The molecule has 0 saturated carbocycles. The van der Waals surface area contributed by atoms with Crippen LogP contribution in [0, 0.1) is 17.3 Å². The van der Waals surface area contributed by atoms with Crippen LogP contribution in [0.5, 0.6) is 5.75 Å². The van der Waals surface area contributed by atoms with Crippen molar-refractivity contribution in [1.29, 1.82) is 5.41 Å². The Labute approximate surface area is 199 Å². The summed E-state index contributed by atoms with van der Waals surface area (Å²) in [6.07, 6.45) is 1.62. The Morgan fingerprint density at radius 3 is 2.53 bits per heavy atom. The molecule has 0 radical (unpaired) electrons. The van der Waals surface area contributed by atoms with E-state index in [4.69, 9.17) is 14.6 Å². The van der Waals surface area contributed by atoms with Crippen molar-refractivity contribution in [3.63, 3.8) is 0 Å². The quantitative estimate of drug-likeness (QED) is 0.360. The van der Waals surface area contributed by atoms with Crippen molar-refractivity contribution in [2.24, 2.45) is 0 Å². The van der Waals surface area contributed by atoms with Gasteiger partial charge >= 0.3 is 0 Å². The molecule has 0 atom stereocenters. The van der Waals surface area contributed by atoms with Gasteiger partial charge in [0.05, 0.1) is 6.61 Å². The Kier molecular flexibility index (Phi) is 5.62. The van der Waals surface area contributed by atoms with Crippen molar-refractivity contribution in [3.05, 3.63) is 88.9 Å². The Bertz CT molecular complexity index is 1290. The molecule has 1 N–H and O–H groups in total. The molecule has 6 heteroatoms. The Hall–Kier alpha value is -3.98. The summed E-state index contributed by atoms with van der Waals surface area (Å²) < 4.78 is 11.8. The molecule has 1 amide bonds. The first kappa shape index (κ1) is 21.8. The number of benzene rings is 2. The summed E-state index contributed by atoms with van der Waals surface area (Å²) in [5.74, 6) is 8.10. The lowest BCUT2D eigenvalue weighted by molar-refractivity contribution is 0.0615. The maximum absolute atomic E-state index is 13.1. The number of furan rings is 1. The van der Waals surface area contributed by atoms with Gasteiger partial charge in [0.25, 0.3) is 5.91 Å². The molecule has 2 aliphatic rings. The summed E-state index contributed by atoms with van der Waals surface area (Å²) in [5.41, 5.74) is 2.81. The summed E-state index contributed by atoms with van der Waals surface area (Å²) in [5, 5.41) is 8.33. The second-order valence-corrected chi connectivity index (χ2v) is 9.10. The number of amidine groups is 1. The molecule has 172 valence electrons. The minimum Gasteiger partial charge on any atom is -0.492 e. The molecular weight excluding hydrogens is 426 g/mol.